The standard InChI is InChI=1S/C26H31NO5/c28-26(29)3-1-2-20-4-10-24(11-5-20)32-19-22-18-31-15-12-25(22)21-6-8-23(9-7-21)27-13-16-30-17-14-27/h4-11H,1-3,12-19H2,(H,28,29). The average Bonchev–Trinajstić information content (AvgIpc) is 2.84. The van der Waals surface area contributed by atoms with E-state index >= 15 is 0 Å². The van der Waals surface area contributed by atoms with Crippen molar-refractivity contribution in [1.29, 1.82) is 0 Å². The van der Waals surface area contributed by atoms with Crippen molar-refractivity contribution in [3.63, 3.8) is 0 Å². The lowest BCUT2D eigenvalue weighted by Gasteiger charge is -2.29. The average molecular weight is 438 g/mol. The van der Waals surface area contributed by atoms with Crippen molar-refractivity contribution >= 4 is 17.2 Å². The monoisotopic (exact) mass is 437 g/mol. The van der Waals surface area contributed by atoms with Crippen LogP contribution >= 0.6 is 0 Å². The highest BCUT2D eigenvalue weighted by molar-refractivity contribution is 5.71. The number of carboxylic acid groups (broad SMARTS) is 1. The third-order valence-electron chi connectivity index (χ3n) is 5.98. The van der Waals surface area contributed by atoms with Gasteiger partial charge in [0.15, 0.2) is 0 Å². The molecule has 0 bridgehead atoms. The molecule has 170 valence electrons. The van der Waals surface area contributed by atoms with Gasteiger partial charge in [0, 0.05) is 25.2 Å². The molecule has 0 aromatic heterocycles. The molecule has 0 amide bonds. The molecule has 0 atom stereocenters. The van der Waals surface area contributed by atoms with E-state index in [-0.39, 0.29) is 6.42 Å². The van der Waals surface area contributed by atoms with E-state index in [4.69, 9.17) is 19.3 Å². The number of ether oxygens (including phenoxy) is 3. The van der Waals surface area contributed by atoms with Gasteiger partial charge in [-0.15, -0.1) is 0 Å². The number of carbonyl (C=O) groups is 1. The van der Waals surface area contributed by atoms with Crippen LogP contribution in [-0.2, 0) is 20.7 Å². The Bertz CT molecular complexity index is 914. The zero-order chi connectivity index (χ0) is 22.2. The quantitative estimate of drug-likeness (QED) is 0.635. The molecule has 0 spiro atoms. The van der Waals surface area contributed by atoms with Gasteiger partial charge in [0.05, 0.1) is 26.4 Å². The predicted molar refractivity (Wildman–Crippen MR) is 124 cm³/mol. The first-order valence-electron chi connectivity index (χ1n) is 11.3. The molecular weight excluding hydrogens is 406 g/mol. The molecule has 0 unspecified atom stereocenters. The van der Waals surface area contributed by atoms with Crippen molar-refractivity contribution in [3.05, 3.63) is 65.2 Å². The molecule has 0 saturated carbocycles. The summed E-state index contributed by atoms with van der Waals surface area (Å²) in [5.41, 5.74) is 6.10. The van der Waals surface area contributed by atoms with E-state index in [2.05, 4.69) is 29.2 Å². The van der Waals surface area contributed by atoms with Crippen molar-refractivity contribution in [1.82, 2.24) is 0 Å². The molecular formula is C26H31NO5. The Hall–Kier alpha value is -2.83. The molecule has 0 radical (unpaired) electrons. The number of hydrogen-bond donors (Lipinski definition) is 1. The van der Waals surface area contributed by atoms with E-state index in [1.807, 2.05) is 24.3 Å². The number of aliphatic carboxylic acids is 1. The lowest BCUT2D eigenvalue weighted by atomic mass is 9.96. The fourth-order valence-electron chi connectivity index (χ4n) is 4.17. The van der Waals surface area contributed by atoms with Crippen LogP contribution in [0.25, 0.3) is 5.57 Å². The van der Waals surface area contributed by atoms with Crippen LogP contribution in [0.2, 0.25) is 0 Å². The van der Waals surface area contributed by atoms with Crippen molar-refractivity contribution in [2.24, 2.45) is 0 Å². The largest absolute Gasteiger partial charge is 0.489 e. The van der Waals surface area contributed by atoms with Crippen molar-refractivity contribution in [2.75, 3.05) is 51.0 Å². The van der Waals surface area contributed by atoms with Gasteiger partial charge < -0.3 is 24.2 Å². The van der Waals surface area contributed by atoms with E-state index in [1.165, 1.54) is 22.4 Å². The second-order valence-corrected chi connectivity index (χ2v) is 8.21. The number of anilines is 1. The summed E-state index contributed by atoms with van der Waals surface area (Å²) in [6.45, 7) is 5.27. The third-order valence-corrected chi connectivity index (χ3v) is 5.98. The summed E-state index contributed by atoms with van der Waals surface area (Å²) in [5.74, 6) is 0.0616. The fraction of sp³-hybridized carbons (Fsp3) is 0.423. The highest BCUT2D eigenvalue weighted by Gasteiger charge is 2.17. The van der Waals surface area contributed by atoms with E-state index in [1.54, 1.807) is 0 Å². The fourth-order valence-corrected chi connectivity index (χ4v) is 4.17. The van der Waals surface area contributed by atoms with Crippen LogP contribution < -0.4 is 9.64 Å². The SMILES string of the molecule is O=C(O)CCCc1ccc(OCC2=C(c3ccc(N4CCOCC4)cc3)CCOC2)cc1. The first kappa shape index (κ1) is 22.4. The predicted octanol–water partition coefficient (Wildman–Crippen LogP) is 4.18. The maximum Gasteiger partial charge on any atom is 0.303 e. The number of nitrogens with zero attached hydrogens (tertiary/aromatic N) is 1. The molecule has 2 heterocycles. The summed E-state index contributed by atoms with van der Waals surface area (Å²) in [4.78, 5) is 13.0. The van der Waals surface area contributed by atoms with E-state index < -0.39 is 5.97 Å². The summed E-state index contributed by atoms with van der Waals surface area (Å²) >= 11 is 0. The molecule has 2 aromatic carbocycles. The third kappa shape index (κ3) is 6.11. The summed E-state index contributed by atoms with van der Waals surface area (Å²) in [6, 6.07) is 16.7. The minimum absolute atomic E-state index is 0.197. The Kier molecular flexibility index (Phi) is 7.80. The van der Waals surface area contributed by atoms with E-state index in [0.717, 1.165) is 57.1 Å². The van der Waals surface area contributed by atoms with Gasteiger partial charge in [-0.1, -0.05) is 24.3 Å². The van der Waals surface area contributed by atoms with Crippen LogP contribution in [0.4, 0.5) is 5.69 Å². The summed E-state index contributed by atoms with van der Waals surface area (Å²) in [5, 5.41) is 8.77. The van der Waals surface area contributed by atoms with Crippen LogP contribution in [0.1, 0.15) is 30.4 Å². The number of aryl methyl sites for hydroxylation is 1. The number of morpholine rings is 1. The van der Waals surface area contributed by atoms with Crippen LogP contribution in [0.5, 0.6) is 5.75 Å². The molecule has 1 saturated heterocycles. The van der Waals surface area contributed by atoms with Crippen molar-refractivity contribution in [2.45, 2.75) is 25.7 Å². The highest BCUT2D eigenvalue weighted by Crippen LogP contribution is 2.29. The molecule has 6 heteroatoms. The normalized spacial score (nSPS) is 16.8. The number of benzene rings is 2. The van der Waals surface area contributed by atoms with Gasteiger partial charge in [-0.05, 0) is 65.8 Å². The Balaban J connectivity index is 1.38. The topological polar surface area (TPSA) is 68.2 Å². The van der Waals surface area contributed by atoms with Gasteiger partial charge in [0.2, 0.25) is 0 Å². The number of rotatable bonds is 9. The zero-order valence-corrected chi connectivity index (χ0v) is 18.4. The second kappa shape index (κ2) is 11.2. The van der Waals surface area contributed by atoms with E-state index in [9.17, 15) is 4.79 Å². The van der Waals surface area contributed by atoms with Crippen LogP contribution in [0, 0.1) is 0 Å². The minimum atomic E-state index is -0.750. The van der Waals surface area contributed by atoms with Crippen molar-refractivity contribution < 1.29 is 24.1 Å². The molecule has 32 heavy (non-hydrogen) atoms. The zero-order valence-electron chi connectivity index (χ0n) is 18.4. The molecule has 1 N–H and O–H groups in total. The van der Waals surface area contributed by atoms with Crippen LogP contribution in [0.3, 0.4) is 0 Å². The molecule has 6 nitrogen and oxygen atoms in total. The number of carboxylic acids is 1. The molecule has 2 aromatic rings. The van der Waals surface area contributed by atoms with Crippen LogP contribution in [0.15, 0.2) is 54.1 Å². The first-order valence-corrected chi connectivity index (χ1v) is 11.3. The minimum Gasteiger partial charge on any atom is -0.489 e. The van der Waals surface area contributed by atoms with Gasteiger partial charge in [0.1, 0.15) is 12.4 Å². The molecule has 2 aliphatic heterocycles. The molecule has 4 rings (SSSR count). The highest BCUT2D eigenvalue weighted by atomic mass is 16.5. The van der Waals surface area contributed by atoms with Gasteiger partial charge >= 0.3 is 5.97 Å². The Morgan fingerprint density at radius 2 is 1.72 bits per heavy atom. The van der Waals surface area contributed by atoms with Crippen LogP contribution in [-0.4, -0.2) is 57.2 Å². The molecule has 1 fully saturated rings. The van der Waals surface area contributed by atoms with Gasteiger partial charge in [-0.2, -0.15) is 0 Å². The van der Waals surface area contributed by atoms with Gasteiger partial charge in [0.25, 0.3) is 0 Å². The Labute approximate surface area is 189 Å². The van der Waals surface area contributed by atoms with E-state index in [0.29, 0.717) is 19.6 Å². The Morgan fingerprint density at radius 1 is 0.969 bits per heavy atom. The van der Waals surface area contributed by atoms with Gasteiger partial charge in [-0.3, -0.25) is 4.79 Å². The summed E-state index contributed by atoms with van der Waals surface area (Å²) in [7, 11) is 0. The lowest BCUT2D eigenvalue weighted by Crippen LogP contribution is -2.36. The second-order valence-electron chi connectivity index (χ2n) is 8.21. The first-order chi connectivity index (χ1) is 15.7. The van der Waals surface area contributed by atoms with Gasteiger partial charge in [-0.25, -0.2) is 0 Å². The lowest BCUT2D eigenvalue weighted by molar-refractivity contribution is -0.137. The van der Waals surface area contributed by atoms with Crippen molar-refractivity contribution in [3.8, 4) is 5.75 Å². The smallest absolute Gasteiger partial charge is 0.303 e. The summed E-state index contributed by atoms with van der Waals surface area (Å²) < 4.78 is 17.2. The number of hydrogen-bond acceptors (Lipinski definition) is 5. The maximum absolute atomic E-state index is 10.7. The maximum atomic E-state index is 10.7. The molecule has 0 aliphatic carbocycles. The Morgan fingerprint density at radius 3 is 2.44 bits per heavy atom. The molecule has 2 aliphatic rings. The summed E-state index contributed by atoms with van der Waals surface area (Å²) in [6.07, 6.45) is 2.49.